The topological polar surface area (TPSA) is 127 Å². The minimum absolute atomic E-state index is 0.00771. The SMILES string of the molecule is CC(C)(C)OC(=O)N1CCCC(c2cc(N(COCC[Si](C)(C)C)COCC[Si](C)(C)C)n3ncc(-c4coc(C=NO)c4)c3n2)C1. The van der Waals surface area contributed by atoms with Gasteiger partial charge in [-0.3, -0.25) is 0 Å². The molecule has 1 amide bonds. The molecule has 4 heterocycles. The van der Waals surface area contributed by atoms with Crippen molar-refractivity contribution < 1.29 is 28.6 Å². The van der Waals surface area contributed by atoms with E-state index in [2.05, 4.69) is 55.4 Å². The lowest BCUT2D eigenvalue weighted by Gasteiger charge is -2.34. The summed E-state index contributed by atoms with van der Waals surface area (Å²) < 4.78 is 25.7. The summed E-state index contributed by atoms with van der Waals surface area (Å²) in [4.78, 5) is 22.1. The van der Waals surface area contributed by atoms with E-state index in [0.29, 0.717) is 51.2 Å². The highest BCUT2D eigenvalue weighted by atomic mass is 28.3. The van der Waals surface area contributed by atoms with E-state index in [9.17, 15) is 4.79 Å². The number of rotatable bonds is 14. The lowest BCUT2D eigenvalue weighted by atomic mass is 9.94. The number of likely N-dealkylation sites (tertiary alicyclic amines) is 1. The first-order chi connectivity index (χ1) is 22.0. The van der Waals surface area contributed by atoms with Gasteiger partial charge >= 0.3 is 6.09 Å². The fraction of sp³-hybridized carbons (Fsp3) is 0.636. The van der Waals surface area contributed by atoms with Crippen LogP contribution >= 0.6 is 0 Å². The molecule has 1 saturated heterocycles. The van der Waals surface area contributed by atoms with Crippen molar-refractivity contribution in [1.82, 2.24) is 19.5 Å². The number of anilines is 1. The molecule has 1 fully saturated rings. The number of carbonyl (C=O) groups excluding carboxylic acids is 1. The number of carbonyl (C=O) groups is 1. The number of amides is 1. The van der Waals surface area contributed by atoms with E-state index in [1.54, 1.807) is 23.4 Å². The van der Waals surface area contributed by atoms with Gasteiger partial charge in [-0.15, -0.1) is 0 Å². The first-order valence-corrected chi connectivity index (χ1v) is 24.0. The van der Waals surface area contributed by atoms with E-state index in [1.165, 1.54) is 6.21 Å². The van der Waals surface area contributed by atoms with Crippen LogP contribution < -0.4 is 4.90 Å². The summed E-state index contributed by atoms with van der Waals surface area (Å²) in [6, 6.07) is 5.97. The molecular weight excluding hydrogens is 633 g/mol. The number of ether oxygens (including phenoxy) is 3. The predicted octanol–water partition coefficient (Wildman–Crippen LogP) is 7.34. The number of aromatic nitrogens is 3. The minimum atomic E-state index is -1.28. The minimum Gasteiger partial charge on any atom is -0.463 e. The Hall–Kier alpha value is -3.21. The average molecular weight is 687 g/mol. The molecule has 260 valence electrons. The van der Waals surface area contributed by atoms with Crippen LogP contribution in [-0.2, 0) is 14.2 Å². The molecule has 0 bridgehead atoms. The van der Waals surface area contributed by atoms with E-state index in [4.69, 9.17) is 33.9 Å². The van der Waals surface area contributed by atoms with Crippen LogP contribution in [0.5, 0.6) is 0 Å². The van der Waals surface area contributed by atoms with Crippen LogP contribution in [0.25, 0.3) is 16.8 Å². The molecule has 0 aliphatic carbocycles. The molecule has 1 unspecified atom stereocenters. The summed E-state index contributed by atoms with van der Waals surface area (Å²) in [5.74, 6) is 1.20. The van der Waals surface area contributed by atoms with Crippen molar-refractivity contribution in [3.63, 3.8) is 0 Å². The smallest absolute Gasteiger partial charge is 0.410 e. The summed E-state index contributed by atoms with van der Waals surface area (Å²) in [7, 11) is -2.56. The Morgan fingerprint density at radius 1 is 1.11 bits per heavy atom. The second kappa shape index (κ2) is 15.3. The van der Waals surface area contributed by atoms with Crippen LogP contribution in [0.1, 0.15) is 51.0 Å². The highest BCUT2D eigenvalue weighted by Gasteiger charge is 2.31. The Labute approximate surface area is 281 Å². The molecule has 3 aromatic rings. The average Bonchev–Trinajstić information content (AvgIpc) is 3.61. The Kier molecular flexibility index (Phi) is 12.0. The second-order valence-corrected chi connectivity index (χ2v) is 27.1. The molecule has 0 radical (unpaired) electrons. The molecule has 0 aromatic carbocycles. The third-order valence-corrected chi connectivity index (χ3v) is 11.3. The Balaban J connectivity index is 1.74. The third-order valence-electron chi connectivity index (χ3n) is 7.89. The van der Waals surface area contributed by atoms with Gasteiger partial charge in [0.25, 0.3) is 0 Å². The largest absolute Gasteiger partial charge is 0.463 e. The summed E-state index contributed by atoms with van der Waals surface area (Å²) in [5.41, 5.74) is 2.46. The fourth-order valence-corrected chi connectivity index (χ4v) is 6.72. The van der Waals surface area contributed by atoms with Gasteiger partial charge in [0.05, 0.1) is 18.2 Å². The normalized spacial score (nSPS) is 16.4. The Bertz CT molecular complexity index is 1480. The maximum atomic E-state index is 13.1. The molecule has 1 atom stereocenters. The Morgan fingerprint density at radius 3 is 2.36 bits per heavy atom. The first-order valence-electron chi connectivity index (χ1n) is 16.6. The summed E-state index contributed by atoms with van der Waals surface area (Å²) >= 11 is 0. The van der Waals surface area contributed by atoms with Gasteiger partial charge in [-0.05, 0) is 51.8 Å². The van der Waals surface area contributed by atoms with Crippen LogP contribution in [0, 0.1) is 0 Å². The molecule has 1 aliphatic heterocycles. The number of nitrogens with zero attached hydrogens (tertiary/aromatic N) is 6. The van der Waals surface area contributed by atoms with Crippen molar-refractivity contribution >= 4 is 39.9 Å². The third kappa shape index (κ3) is 10.9. The number of hydrogen-bond acceptors (Lipinski definition) is 10. The molecule has 3 aromatic heterocycles. The molecule has 4 rings (SSSR count). The zero-order valence-corrected chi connectivity index (χ0v) is 31.7. The van der Waals surface area contributed by atoms with Gasteiger partial charge in [0.2, 0.25) is 0 Å². The van der Waals surface area contributed by atoms with Gasteiger partial charge in [-0.2, -0.15) is 9.61 Å². The predicted molar refractivity (Wildman–Crippen MR) is 190 cm³/mol. The lowest BCUT2D eigenvalue weighted by molar-refractivity contribution is 0.0197. The van der Waals surface area contributed by atoms with E-state index in [0.717, 1.165) is 47.6 Å². The van der Waals surface area contributed by atoms with Crippen molar-refractivity contribution in [2.75, 3.05) is 44.7 Å². The second-order valence-electron chi connectivity index (χ2n) is 15.8. The van der Waals surface area contributed by atoms with E-state index < -0.39 is 21.7 Å². The van der Waals surface area contributed by atoms with Crippen molar-refractivity contribution in [2.24, 2.45) is 5.16 Å². The van der Waals surface area contributed by atoms with Crippen molar-refractivity contribution in [3.8, 4) is 11.1 Å². The highest BCUT2D eigenvalue weighted by Crippen LogP contribution is 2.33. The molecule has 12 nitrogen and oxygen atoms in total. The maximum absolute atomic E-state index is 13.1. The van der Waals surface area contributed by atoms with Crippen LogP contribution in [0.4, 0.5) is 10.6 Å². The van der Waals surface area contributed by atoms with Gasteiger partial charge in [-0.25, -0.2) is 9.78 Å². The highest BCUT2D eigenvalue weighted by molar-refractivity contribution is 6.76. The van der Waals surface area contributed by atoms with Gasteiger partial charge < -0.3 is 33.6 Å². The zero-order chi connectivity index (χ0) is 34.4. The molecule has 0 spiro atoms. The summed E-state index contributed by atoms with van der Waals surface area (Å²) in [6.45, 7) is 22.9. The van der Waals surface area contributed by atoms with Gasteiger partial charge in [0.15, 0.2) is 5.65 Å². The van der Waals surface area contributed by atoms with Crippen molar-refractivity contribution in [1.29, 1.82) is 0 Å². The van der Waals surface area contributed by atoms with Crippen LogP contribution in [0.2, 0.25) is 51.4 Å². The van der Waals surface area contributed by atoms with Crippen LogP contribution in [0.3, 0.4) is 0 Å². The summed E-state index contributed by atoms with van der Waals surface area (Å²) in [6.07, 6.45) is 6.03. The van der Waals surface area contributed by atoms with Crippen LogP contribution in [-0.4, -0.2) is 98.5 Å². The molecule has 14 heteroatoms. The number of piperidine rings is 1. The maximum Gasteiger partial charge on any atom is 0.410 e. The van der Waals surface area contributed by atoms with Crippen LogP contribution in [0.15, 0.2) is 34.2 Å². The number of oxime groups is 1. The lowest BCUT2D eigenvalue weighted by Crippen LogP contribution is -2.42. The van der Waals surface area contributed by atoms with Gasteiger partial charge in [0, 0.05) is 65.6 Å². The molecule has 1 N–H and O–H groups in total. The van der Waals surface area contributed by atoms with E-state index >= 15 is 0 Å². The van der Waals surface area contributed by atoms with E-state index in [-0.39, 0.29) is 12.0 Å². The van der Waals surface area contributed by atoms with E-state index in [1.807, 2.05) is 25.3 Å². The molecule has 1 aliphatic rings. The first kappa shape index (κ1) is 36.6. The zero-order valence-electron chi connectivity index (χ0n) is 29.7. The monoisotopic (exact) mass is 686 g/mol. The Morgan fingerprint density at radius 2 is 1.77 bits per heavy atom. The number of hydrogen-bond donors (Lipinski definition) is 1. The molecule has 47 heavy (non-hydrogen) atoms. The van der Waals surface area contributed by atoms with Crippen molar-refractivity contribution in [3.05, 3.63) is 36.0 Å². The standard InChI is InChI=1S/C33H54N6O6Si2/c1-33(2,3)45-32(40)37-12-10-11-25(21-37)29-18-30(38(23-42-13-15-46(4,5)6)24-43-14-16-47(7,8)9)39-31(36-29)28(20-34-39)26-17-27(19-35-41)44-22-26/h17-20,22,25,41H,10-16,21,23-24H2,1-9H3. The van der Waals surface area contributed by atoms with Gasteiger partial charge in [-0.1, -0.05) is 44.4 Å². The van der Waals surface area contributed by atoms with Gasteiger partial charge in [0.1, 0.15) is 36.9 Å². The number of furan rings is 1. The quantitative estimate of drug-likeness (QED) is 0.0463. The summed E-state index contributed by atoms with van der Waals surface area (Å²) in [5, 5.41) is 16.9. The number of fused-ring (bicyclic) bond motifs is 1. The van der Waals surface area contributed by atoms with Crippen molar-refractivity contribution in [2.45, 2.75) is 96.5 Å². The molecule has 0 saturated carbocycles. The molecular formula is C33H54N6O6Si2. The fourth-order valence-electron chi connectivity index (χ4n) is 5.21.